The quantitative estimate of drug-likeness (QED) is 0.445. The number of thioether (sulfide) groups is 1. The van der Waals surface area contributed by atoms with E-state index < -0.39 is 28.6 Å². The summed E-state index contributed by atoms with van der Waals surface area (Å²) in [4.78, 5) is 15.4. The van der Waals surface area contributed by atoms with Gasteiger partial charge in [0, 0.05) is 0 Å². The van der Waals surface area contributed by atoms with Crippen molar-refractivity contribution in [3.63, 3.8) is 0 Å². The zero-order valence-electron chi connectivity index (χ0n) is 11.3. The Labute approximate surface area is 128 Å². The summed E-state index contributed by atoms with van der Waals surface area (Å²) in [5, 5.41) is 32.3. The number of aromatic nitrogens is 3. The number of nitrogens with zero attached hydrogens (tertiary/aromatic N) is 3. The van der Waals surface area contributed by atoms with Crippen LogP contribution in [0.15, 0.2) is 12.4 Å². The Bertz CT molecular complexity index is 736. The SMILES string of the molecule is NC(=O)c1cc([C@@H]2S[C@H](CO)[C@@H](O)[C@H]2O)n2ncnc(N)c12. The molecule has 0 bridgehead atoms. The van der Waals surface area contributed by atoms with Crippen molar-refractivity contribution in [1.29, 1.82) is 0 Å². The highest BCUT2D eigenvalue weighted by molar-refractivity contribution is 8.00. The molecule has 4 atom stereocenters. The normalized spacial score (nSPS) is 28.3. The first kappa shape index (κ1) is 15.0. The molecule has 9 nitrogen and oxygen atoms in total. The molecule has 3 heterocycles. The summed E-state index contributed by atoms with van der Waals surface area (Å²) in [7, 11) is 0. The second-order valence-corrected chi connectivity index (χ2v) is 6.40. The molecule has 0 aromatic carbocycles. The molecule has 1 aliphatic rings. The van der Waals surface area contributed by atoms with Crippen LogP contribution in [0.2, 0.25) is 0 Å². The van der Waals surface area contributed by atoms with E-state index in [1.54, 1.807) is 0 Å². The molecule has 7 N–H and O–H groups in total. The van der Waals surface area contributed by atoms with Crippen LogP contribution in [-0.4, -0.2) is 59.9 Å². The minimum absolute atomic E-state index is 0.0896. The molecule has 0 unspecified atom stereocenters. The Morgan fingerprint density at radius 1 is 1.41 bits per heavy atom. The minimum atomic E-state index is -1.11. The molecule has 2 aromatic heterocycles. The first-order valence-electron chi connectivity index (χ1n) is 6.50. The largest absolute Gasteiger partial charge is 0.395 e. The molecular formula is C12H15N5O4S. The van der Waals surface area contributed by atoms with E-state index in [9.17, 15) is 20.1 Å². The molecule has 1 saturated heterocycles. The third-order valence-electron chi connectivity index (χ3n) is 3.71. The average molecular weight is 325 g/mol. The van der Waals surface area contributed by atoms with Crippen molar-refractivity contribution in [2.75, 3.05) is 12.3 Å². The first-order valence-corrected chi connectivity index (χ1v) is 7.44. The van der Waals surface area contributed by atoms with E-state index in [1.165, 1.54) is 28.7 Å². The highest BCUT2D eigenvalue weighted by Gasteiger charge is 2.44. The minimum Gasteiger partial charge on any atom is -0.395 e. The highest BCUT2D eigenvalue weighted by atomic mass is 32.2. The number of amides is 1. The van der Waals surface area contributed by atoms with Gasteiger partial charge in [-0.2, -0.15) is 5.10 Å². The average Bonchev–Trinajstić information content (AvgIpc) is 3.00. The number of nitrogen functional groups attached to an aromatic ring is 1. The molecule has 0 spiro atoms. The maximum atomic E-state index is 11.6. The maximum Gasteiger partial charge on any atom is 0.251 e. The van der Waals surface area contributed by atoms with Gasteiger partial charge in [0.05, 0.1) is 40.6 Å². The lowest BCUT2D eigenvalue weighted by molar-refractivity contribution is 0.0192. The van der Waals surface area contributed by atoms with E-state index >= 15 is 0 Å². The van der Waals surface area contributed by atoms with E-state index in [0.29, 0.717) is 5.69 Å². The number of aliphatic hydroxyl groups is 3. The summed E-state index contributed by atoms with van der Waals surface area (Å²) < 4.78 is 1.38. The highest BCUT2D eigenvalue weighted by Crippen LogP contribution is 2.45. The van der Waals surface area contributed by atoms with Crippen LogP contribution in [0.5, 0.6) is 0 Å². The number of nitrogens with two attached hydrogens (primary N) is 2. The molecule has 3 rings (SSSR count). The summed E-state index contributed by atoms with van der Waals surface area (Å²) in [6.07, 6.45) is -0.971. The van der Waals surface area contributed by atoms with Crippen LogP contribution in [0.3, 0.4) is 0 Å². The number of rotatable bonds is 3. The predicted molar refractivity (Wildman–Crippen MR) is 79.1 cm³/mol. The van der Waals surface area contributed by atoms with Gasteiger partial charge in [0.1, 0.15) is 11.8 Å². The zero-order chi connectivity index (χ0) is 16.0. The fourth-order valence-corrected chi connectivity index (χ4v) is 4.04. The molecule has 0 aliphatic carbocycles. The topological polar surface area (TPSA) is 160 Å². The van der Waals surface area contributed by atoms with Gasteiger partial charge in [0.2, 0.25) is 0 Å². The summed E-state index contributed by atoms with van der Waals surface area (Å²) in [5.41, 5.74) is 12.0. The monoisotopic (exact) mass is 325 g/mol. The van der Waals surface area contributed by atoms with E-state index in [0.717, 1.165) is 0 Å². The van der Waals surface area contributed by atoms with Crippen LogP contribution in [0, 0.1) is 0 Å². The van der Waals surface area contributed by atoms with Gasteiger partial charge in [-0.15, -0.1) is 11.8 Å². The fraction of sp³-hybridized carbons (Fsp3) is 0.417. The summed E-state index contributed by atoms with van der Waals surface area (Å²) in [5.74, 6) is -0.603. The van der Waals surface area contributed by atoms with E-state index in [-0.39, 0.29) is 23.5 Å². The number of fused-ring (bicyclic) bond motifs is 1. The van der Waals surface area contributed by atoms with Crippen molar-refractivity contribution in [2.24, 2.45) is 5.73 Å². The molecule has 0 radical (unpaired) electrons. The van der Waals surface area contributed by atoms with Crippen LogP contribution in [0.1, 0.15) is 21.3 Å². The molecule has 1 fully saturated rings. The molecule has 118 valence electrons. The van der Waals surface area contributed by atoms with Crippen molar-refractivity contribution < 1.29 is 20.1 Å². The van der Waals surface area contributed by atoms with Gasteiger partial charge in [-0.1, -0.05) is 0 Å². The number of carbonyl (C=O) groups excluding carboxylic acids is 1. The molecule has 1 amide bonds. The number of hydrogen-bond donors (Lipinski definition) is 5. The van der Waals surface area contributed by atoms with Crippen molar-refractivity contribution in [3.05, 3.63) is 23.7 Å². The molecule has 22 heavy (non-hydrogen) atoms. The van der Waals surface area contributed by atoms with E-state index in [1.807, 2.05) is 0 Å². The lowest BCUT2D eigenvalue weighted by atomic mass is 10.1. The molecule has 1 aliphatic heterocycles. The van der Waals surface area contributed by atoms with Crippen molar-refractivity contribution in [1.82, 2.24) is 14.6 Å². The van der Waals surface area contributed by atoms with Crippen LogP contribution in [0.4, 0.5) is 5.82 Å². The zero-order valence-corrected chi connectivity index (χ0v) is 12.1. The summed E-state index contributed by atoms with van der Waals surface area (Å²) >= 11 is 1.20. The molecule has 2 aromatic rings. The molecule has 10 heteroatoms. The smallest absolute Gasteiger partial charge is 0.251 e. The lowest BCUT2D eigenvalue weighted by Crippen LogP contribution is -2.32. The lowest BCUT2D eigenvalue weighted by Gasteiger charge is -2.15. The van der Waals surface area contributed by atoms with Crippen molar-refractivity contribution in [2.45, 2.75) is 22.7 Å². The van der Waals surface area contributed by atoms with Gasteiger partial charge in [-0.25, -0.2) is 9.50 Å². The Morgan fingerprint density at radius 3 is 2.73 bits per heavy atom. The Hall–Kier alpha value is -1.88. The van der Waals surface area contributed by atoms with Crippen LogP contribution >= 0.6 is 11.8 Å². The van der Waals surface area contributed by atoms with Crippen LogP contribution in [0.25, 0.3) is 5.52 Å². The van der Waals surface area contributed by atoms with Crippen molar-refractivity contribution in [3.8, 4) is 0 Å². The fourth-order valence-electron chi connectivity index (χ4n) is 2.63. The second kappa shape index (κ2) is 5.39. The first-order chi connectivity index (χ1) is 10.5. The van der Waals surface area contributed by atoms with E-state index in [4.69, 9.17) is 11.5 Å². The van der Waals surface area contributed by atoms with Gasteiger partial charge in [0.15, 0.2) is 5.82 Å². The van der Waals surface area contributed by atoms with Gasteiger partial charge in [-0.3, -0.25) is 4.79 Å². The summed E-state index contributed by atoms with van der Waals surface area (Å²) in [6.45, 7) is -0.275. The number of aliphatic hydroxyl groups excluding tert-OH is 3. The van der Waals surface area contributed by atoms with Gasteiger partial charge >= 0.3 is 0 Å². The number of carbonyl (C=O) groups is 1. The third-order valence-corrected chi connectivity index (χ3v) is 5.30. The number of anilines is 1. The predicted octanol–water partition coefficient (Wildman–Crippen LogP) is -1.72. The Morgan fingerprint density at radius 2 is 2.14 bits per heavy atom. The van der Waals surface area contributed by atoms with Crippen molar-refractivity contribution >= 4 is 29.0 Å². The van der Waals surface area contributed by atoms with Gasteiger partial charge in [0.25, 0.3) is 5.91 Å². The van der Waals surface area contributed by atoms with Gasteiger partial charge < -0.3 is 26.8 Å². The standard InChI is InChI=1S/C12H15N5O4S/c13-11-7-4(12(14)21)1-5(17(7)16-3-15-11)10-9(20)8(19)6(2-18)22-10/h1,3,6,8-10,18-20H,2H2,(H2,14,21)(H2,13,15,16)/t6-,8-,9-,10+/m1/s1. The number of primary amides is 1. The van der Waals surface area contributed by atoms with E-state index in [2.05, 4.69) is 10.1 Å². The molecular weight excluding hydrogens is 310 g/mol. The Kier molecular flexibility index (Phi) is 3.68. The number of hydrogen-bond acceptors (Lipinski definition) is 8. The van der Waals surface area contributed by atoms with Crippen LogP contribution < -0.4 is 11.5 Å². The Balaban J connectivity index is 2.16. The van der Waals surface area contributed by atoms with Gasteiger partial charge in [-0.05, 0) is 6.07 Å². The van der Waals surface area contributed by atoms with Crippen LogP contribution in [-0.2, 0) is 0 Å². The molecule has 0 saturated carbocycles. The second-order valence-electron chi connectivity index (χ2n) is 5.01. The summed E-state index contributed by atoms with van der Waals surface area (Å²) in [6, 6.07) is 1.48. The maximum absolute atomic E-state index is 11.6. The third kappa shape index (κ3) is 2.11.